The average molecular weight is 750 g/mol. The molecular weight excluding hydrogens is 715 g/mol. The Balaban J connectivity index is 0.949. The van der Waals surface area contributed by atoms with Gasteiger partial charge in [0.2, 0.25) is 0 Å². The van der Waals surface area contributed by atoms with Crippen LogP contribution < -0.4 is 4.90 Å². The zero-order valence-electron chi connectivity index (χ0n) is 32.0. The third-order valence-electron chi connectivity index (χ3n) is 12.5. The quantitative estimate of drug-likeness (QED) is 0.171. The van der Waals surface area contributed by atoms with Gasteiger partial charge in [0.15, 0.2) is 0 Å². The van der Waals surface area contributed by atoms with Crippen LogP contribution in [-0.2, 0) is 0 Å². The van der Waals surface area contributed by atoms with E-state index in [0.29, 0.717) is 0 Å². The molecule has 12 aromatic rings. The summed E-state index contributed by atoms with van der Waals surface area (Å²) in [5.74, 6) is 0. The van der Waals surface area contributed by atoms with Crippen LogP contribution in [0.25, 0.3) is 98.8 Å². The summed E-state index contributed by atoms with van der Waals surface area (Å²) in [5, 5.41) is 10.0. The number of hydrogen-bond donors (Lipinski definition) is 0. The molecule has 3 heteroatoms. The van der Waals surface area contributed by atoms with Crippen molar-refractivity contribution in [2.75, 3.05) is 4.90 Å². The first-order valence-corrected chi connectivity index (χ1v) is 20.3. The van der Waals surface area contributed by atoms with E-state index in [2.05, 4.69) is 226 Å². The number of rotatable bonds is 5. The Hall–Kier alpha value is -7.88. The largest absolute Gasteiger partial charge is 0.309 e. The lowest BCUT2D eigenvalue weighted by Crippen LogP contribution is -2.11. The summed E-state index contributed by atoms with van der Waals surface area (Å²) in [6.07, 6.45) is 0. The highest BCUT2D eigenvalue weighted by Crippen LogP contribution is 2.51. The third kappa shape index (κ3) is 4.70. The summed E-state index contributed by atoms with van der Waals surface area (Å²) >= 11 is 0. The highest BCUT2D eigenvalue weighted by molar-refractivity contribution is 6.16. The van der Waals surface area contributed by atoms with E-state index in [4.69, 9.17) is 0 Å². The number of nitrogens with zero attached hydrogens (tertiary/aromatic N) is 3. The van der Waals surface area contributed by atoms with E-state index in [-0.39, 0.29) is 0 Å². The molecule has 13 rings (SSSR count). The van der Waals surface area contributed by atoms with Crippen molar-refractivity contribution in [2.24, 2.45) is 0 Å². The molecule has 0 atom stereocenters. The number of anilines is 3. The molecule has 1 aliphatic carbocycles. The molecule has 2 heterocycles. The molecule has 0 amide bonds. The van der Waals surface area contributed by atoms with E-state index in [9.17, 15) is 0 Å². The van der Waals surface area contributed by atoms with Crippen molar-refractivity contribution in [1.82, 2.24) is 9.13 Å². The second-order valence-electron chi connectivity index (χ2n) is 15.8. The van der Waals surface area contributed by atoms with Gasteiger partial charge in [-0.2, -0.15) is 0 Å². The zero-order chi connectivity index (χ0) is 38.6. The number of hydrogen-bond acceptors (Lipinski definition) is 1. The van der Waals surface area contributed by atoms with E-state index in [1.165, 1.54) is 93.1 Å². The minimum absolute atomic E-state index is 1.12. The van der Waals surface area contributed by atoms with Crippen molar-refractivity contribution in [2.45, 2.75) is 0 Å². The average Bonchev–Trinajstić information content (AvgIpc) is 3.82. The maximum atomic E-state index is 2.43. The van der Waals surface area contributed by atoms with Crippen molar-refractivity contribution in [3.63, 3.8) is 0 Å². The van der Waals surface area contributed by atoms with E-state index >= 15 is 0 Å². The maximum Gasteiger partial charge on any atom is 0.0782 e. The maximum absolute atomic E-state index is 2.43. The topological polar surface area (TPSA) is 13.1 Å². The molecule has 274 valence electrons. The van der Waals surface area contributed by atoms with Crippen LogP contribution in [0.15, 0.2) is 212 Å². The Morgan fingerprint density at radius 2 is 0.780 bits per heavy atom. The summed E-state index contributed by atoms with van der Waals surface area (Å²) in [7, 11) is 0. The van der Waals surface area contributed by atoms with E-state index in [1.807, 2.05) is 0 Å². The van der Waals surface area contributed by atoms with Crippen LogP contribution in [0.3, 0.4) is 0 Å². The lowest BCUT2D eigenvalue weighted by Gasteiger charge is -2.28. The zero-order valence-corrected chi connectivity index (χ0v) is 32.0. The van der Waals surface area contributed by atoms with Gasteiger partial charge in [0, 0.05) is 44.3 Å². The predicted molar refractivity (Wildman–Crippen MR) is 249 cm³/mol. The van der Waals surface area contributed by atoms with Crippen molar-refractivity contribution in [3.05, 3.63) is 212 Å². The molecule has 0 unspecified atom stereocenters. The summed E-state index contributed by atoms with van der Waals surface area (Å²) in [6, 6.07) is 77.9. The molecule has 0 saturated heterocycles. The Kier molecular flexibility index (Phi) is 6.72. The summed E-state index contributed by atoms with van der Waals surface area (Å²) in [4.78, 5) is 2.43. The van der Waals surface area contributed by atoms with Crippen molar-refractivity contribution in [1.29, 1.82) is 0 Å². The molecule has 1 aliphatic rings. The van der Waals surface area contributed by atoms with Gasteiger partial charge in [0.05, 0.1) is 27.8 Å². The van der Waals surface area contributed by atoms with Gasteiger partial charge >= 0.3 is 0 Å². The lowest BCUT2D eigenvalue weighted by atomic mass is 9.78. The molecule has 2 aromatic heterocycles. The predicted octanol–water partition coefficient (Wildman–Crippen LogP) is 15.3. The standard InChI is InChI=1S/C56H35N3/c1-3-14-40(15-4-1)57(55-25-13-21-47-46-20-9-12-24-54(46)59(56(47)55)41-16-5-2-6-17-41)42-28-26-36-32-48-50(34-38(36)30-42)49-33-37-27-29-43(31-39(37)35-51(48)49)58-52-22-10-7-18-44(52)45-19-8-11-23-53(45)58/h1-35H. The molecule has 0 spiro atoms. The summed E-state index contributed by atoms with van der Waals surface area (Å²) < 4.78 is 4.83. The van der Waals surface area contributed by atoms with Crippen LogP contribution >= 0.6 is 0 Å². The Morgan fingerprint density at radius 3 is 1.42 bits per heavy atom. The van der Waals surface area contributed by atoms with E-state index < -0.39 is 0 Å². The summed E-state index contributed by atoms with van der Waals surface area (Å²) in [6.45, 7) is 0. The SMILES string of the molecule is c1ccc(N(c2ccc3cc4c(cc3c2)-c2cc3ccc(-n5c6ccccc6c6ccccc65)cc3cc2-4)c2cccc3c4ccccc4n(-c4ccccc4)c23)cc1. The second-order valence-corrected chi connectivity index (χ2v) is 15.8. The van der Waals surface area contributed by atoms with Crippen molar-refractivity contribution < 1.29 is 0 Å². The molecule has 10 aromatic carbocycles. The first-order valence-electron chi connectivity index (χ1n) is 20.3. The number of fused-ring (bicyclic) bond motifs is 12. The molecule has 0 saturated carbocycles. The van der Waals surface area contributed by atoms with Gasteiger partial charge in [-0.1, -0.05) is 115 Å². The molecule has 59 heavy (non-hydrogen) atoms. The van der Waals surface area contributed by atoms with Crippen LogP contribution in [0.1, 0.15) is 0 Å². The van der Waals surface area contributed by atoms with Gasteiger partial charge in [-0.25, -0.2) is 0 Å². The van der Waals surface area contributed by atoms with Crippen LogP contribution in [0.5, 0.6) is 0 Å². The van der Waals surface area contributed by atoms with Gasteiger partial charge in [-0.3, -0.25) is 0 Å². The highest BCUT2D eigenvalue weighted by atomic mass is 15.2. The monoisotopic (exact) mass is 749 g/mol. The molecule has 0 fully saturated rings. The first-order chi connectivity index (χ1) is 29.3. The summed E-state index contributed by atoms with van der Waals surface area (Å²) in [5.41, 5.74) is 15.8. The van der Waals surface area contributed by atoms with E-state index in [1.54, 1.807) is 0 Å². The fourth-order valence-corrected chi connectivity index (χ4v) is 9.91. The molecular formula is C56H35N3. The molecule has 0 radical (unpaired) electrons. The number of para-hydroxylation sites is 6. The minimum Gasteiger partial charge on any atom is -0.309 e. The second kappa shape index (κ2) is 12.3. The van der Waals surface area contributed by atoms with E-state index in [0.717, 1.165) is 22.7 Å². The van der Waals surface area contributed by atoms with Crippen LogP contribution in [0, 0.1) is 0 Å². The van der Waals surface area contributed by atoms with Gasteiger partial charge in [-0.15, -0.1) is 0 Å². The molecule has 3 nitrogen and oxygen atoms in total. The third-order valence-corrected chi connectivity index (χ3v) is 12.5. The van der Waals surface area contributed by atoms with Crippen molar-refractivity contribution >= 4 is 82.2 Å². The lowest BCUT2D eigenvalue weighted by molar-refractivity contribution is 1.17. The van der Waals surface area contributed by atoms with Gasteiger partial charge in [-0.05, 0) is 141 Å². The van der Waals surface area contributed by atoms with Crippen LogP contribution in [-0.4, -0.2) is 9.13 Å². The Bertz CT molecular complexity index is 3610. The van der Waals surface area contributed by atoms with Crippen LogP contribution in [0.2, 0.25) is 0 Å². The van der Waals surface area contributed by atoms with Crippen molar-refractivity contribution in [3.8, 4) is 33.6 Å². The first kappa shape index (κ1) is 32.2. The normalized spacial score (nSPS) is 12.1. The highest BCUT2D eigenvalue weighted by Gasteiger charge is 2.26. The van der Waals surface area contributed by atoms with Gasteiger partial charge in [0.1, 0.15) is 0 Å². The fraction of sp³-hybridized carbons (Fsp3) is 0. The number of aromatic nitrogens is 2. The number of benzene rings is 10. The smallest absolute Gasteiger partial charge is 0.0782 e. The minimum atomic E-state index is 1.12. The van der Waals surface area contributed by atoms with Crippen LogP contribution in [0.4, 0.5) is 17.1 Å². The van der Waals surface area contributed by atoms with Gasteiger partial charge in [0.25, 0.3) is 0 Å². The Labute approximate surface area is 340 Å². The molecule has 0 aliphatic heterocycles. The molecule has 0 N–H and O–H groups in total. The Morgan fingerprint density at radius 1 is 0.288 bits per heavy atom. The fourth-order valence-electron chi connectivity index (χ4n) is 9.91. The molecule has 0 bridgehead atoms. The van der Waals surface area contributed by atoms with Gasteiger partial charge < -0.3 is 14.0 Å².